The van der Waals surface area contributed by atoms with Crippen LogP contribution in [0.4, 0.5) is 0 Å². The summed E-state index contributed by atoms with van der Waals surface area (Å²) in [4.78, 5) is 21.1. The van der Waals surface area contributed by atoms with E-state index < -0.39 is 32.2 Å². The Morgan fingerprint density at radius 2 is 0.582 bits per heavy atom. The van der Waals surface area contributed by atoms with Gasteiger partial charge in [0, 0.05) is 0 Å². The van der Waals surface area contributed by atoms with Gasteiger partial charge in [-0.25, -0.2) is 9.59 Å². The van der Waals surface area contributed by atoms with Crippen molar-refractivity contribution in [2.75, 3.05) is 0 Å². The maximum absolute atomic E-state index is 10.8. The first-order valence-corrected chi connectivity index (χ1v) is 29.9. The molecule has 3 atom stereocenters. The zero-order chi connectivity index (χ0) is 60.5. The molecule has 6 aromatic carbocycles. The van der Waals surface area contributed by atoms with Gasteiger partial charge in [-0.15, -0.1) is 0 Å². The number of aromatic hydroxyl groups is 2. The minimum absolute atomic E-state index is 0.0255. The van der Waals surface area contributed by atoms with Crippen LogP contribution in [-0.2, 0) is 36.5 Å². The number of phenols is 2. The standard InChI is InChI=1S/C12H16O2.C11H16O3S.C11H14O2.C11H16O.C10H14O3S.C10H14O/c1-4-12(2,3)10-7-5-9(6-8-10)11(13)14;1-4-11(2,3)9-5-7-10(8-6-9)15(12,13)14;1-3-8(2)9-4-6-10(7-5-9)11(12)13;1-4-11(2,3)9-5-7-10(12)8-6-9;1-3-8(2)9-4-6-10(7-5-9)14(11,12)13;1-3-8(2)9-4-6-10(11)7-5-9/h5-8H,4H2,1-3H3,(H,13,14);5-8H,4H2,1-3H3,(H,12,13,14);4-8H,3H2,1-2H3,(H,12,13);5-8,12H,4H2,1-3H3;4-8H,3H2,1-2H3,(H,11,12,13);4-8,11H,3H2,1-2H3. The van der Waals surface area contributed by atoms with Crippen LogP contribution in [0.2, 0.25) is 0 Å². The van der Waals surface area contributed by atoms with Crippen LogP contribution in [0.3, 0.4) is 0 Å². The fraction of sp³-hybridized carbons (Fsp3) is 0.415. The molecule has 434 valence electrons. The molecule has 14 heteroatoms. The largest absolute Gasteiger partial charge is 0.508 e. The van der Waals surface area contributed by atoms with Crippen molar-refractivity contribution < 1.29 is 56.0 Å². The van der Waals surface area contributed by atoms with E-state index in [1.807, 2.05) is 48.5 Å². The highest BCUT2D eigenvalue weighted by Gasteiger charge is 2.20. The number of hydrogen-bond donors (Lipinski definition) is 6. The van der Waals surface area contributed by atoms with Gasteiger partial charge in [0.2, 0.25) is 0 Å². The van der Waals surface area contributed by atoms with E-state index >= 15 is 0 Å². The Labute approximate surface area is 473 Å². The van der Waals surface area contributed by atoms with E-state index in [1.165, 1.54) is 46.5 Å². The molecule has 0 saturated heterocycles. The van der Waals surface area contributed by atoms with Gasteiger partial charge in [0.15, 0.2) is 0 Å². The second-order valence-corrected chi connectivity index (χ2v) is 24.5. The van der Waals surface area contributed by atoms with Crippen molar-refractivity contribution in [2.24, 2.45) is 0 Å². The van der Waals surface area contributed by atoms with Crippen molar-refractivity contribution >= 4 is 32.2 Å². The third-order valence-corrected chi connectivity index (χ3v) is 16.7. The van der Waals surface area contributed by atoms with E-state index in [4.69, 9.17) is 29.5 Å². The average Bonchev–Trinajstić information content (AvgIpc) is 3.43. The first-order valence-electron chi connectivity index (χ1n) is 27.0. The summed E-state index contributed by atoms with van der Waals surface area (Å²) in [5.74, 6) is 0.452. The van der Waals surface area contributed by atoms with Crippen molar-refractivity contribution in [2.45, 2.75) is 186 Å². The third kappa shape index (κ3) is 24.7. The van der Waals surface area contributed by atoms with Crippen LogP contribution in [0, 0.1) is 0 Å². The van der Waals surface area contributed by atoms with Crippen molar-refractivity contribution in [1.82, 2.24) is 0 Å². The van der Waals surface area contributed by atoms with Crippen LogP contribution in [0.5, 0.6) is 11.5 Å². The molecule has 0 radical (unpaired) electrons. The summed E-state index contributed by atoms with van der Waals surface area (Å²) in [6.07, 6.45) is 6.35. The molecule has 0 bridgehead atoms. The summed E-state index contributed by atoms with van der Waals surface area (Å²) in [5.41, 5.74) is 8.18. The molecule has 0 saturated carbocycles. The molecule has 0 aliphatic carbocycles. The minimum Gasteiger partial charge on any atom is -0.508 e. The molecular weight excluding hydrogens is 1040 g/mol. The van der Waals surface area contributed by atoms with Gasteiger partial charge < -0.3 is 20.4 Å². The monoisotopic (exact) mass is 1130 g/mol. The Hall–Kier alpha value is -6.32. The first kappa shape index (κ1) is 70.7. The first-order chi connectivity index (χ1) is 36.6. The third-order valence-electron chi connectivity index (χ3n) is 14.9. The summed E-state index contributed by atoms with van der Waals surface area (Å²) in [6.45, 7) is 32.0. The lowest BCUT2D eigenvalue weighted by Gasteiger charge is -2.23. The highest BCUT2D eigenvalue weighted by molar-refractivity contribution is 7.86. The molecule has 6 aromatic rings. The Morgan fingerprint density at radius 1 is 0.380 bits per heavy atom. The topological polar surface area (TPSA) is 224 Å². The summed E-state index contributed by atoms with van der Waals surface area (Å²) >= 11 is 0. The van der Waals surface area contributed by atoms with Gasteiger partial charge in [-0.05, 0) is 179 Å². The zero-order valence-electron chi connectivity index (χ0n) is 49.3. The number of carboxylic acids is 2. The highest BCUT2D eigenvalue weighted by atomic mass is 32.2. The predicted molar refractivity (Wildman–Crippen MR) is 322 cm³/mol. The van der Waals surface area contributed by atoms with Crippen LogP contribution in [-0.4, -0.2) is 58.3 Å². The van der Waals surface area contributed by atoms with Gasteiger partial charge in [0.25, 0.3) is 20.2 Å². The Balaban J connectivity index is 0.000000475. The molecule has 0 fully saturated rings. The maximum Gasteiger partial charge on any atom is 0.335 e. The second-order valence-electron chi connectivity index (χ2n) is 21.6. The lowest BCUT2D eigenvalue weighted by atomic mass is 9.82. The lowest BCUT2D eigenvalue weighted by Crippen LogP contribution is -2.15. The molecule has 0 spiro atoms. The molecule has 0 aliphatic rings. The number of hydrogen-bond acceptors (Lipinski definition) is 8. The fourth-order valence-electron chi connectivity index (χ4n) is 7.10. The van der Waals surface area contributed by atoms with E-state index in [0.717, 1.165) is 49.7 Å². The lowest BCUT2D eigenvalue weighted by molar-refractivity contribution is 0.0686. The number of carbonyl (C=O) groups is 2. The molecule has 0 aromatic heterocycles. The molecule has 3 unspecified atom stereocenters. The number of carboxylic acid groups (broad SMARTS) is 2. The van der Waals surface area contributed by atoms with Gasteiger partial charge in [0.1, 0.15) is 11.5 Å². The summed E-state index contributed by atoms with van der Waals surface area (Å²) in [6, 6.07) is 41.8. The maximum atomic E-state index is 10.8. The van der Waals surface area contributed by atoms with Gasteiger partial charge in [-0.2, -0.15) is 16.8 Å². The molecule has 6 rings (SSSR count). The fourth-order valence-corrected chi connectivity index (χ4v) is 8.06. The number of phenolic OH excluding ortho intramolecular Hbond substituents is 2. The van der Waals surface area contributed by atoms with Gasteiger partial charge >= 0.3 is 11.9 Å². The number of aromatic carboxylic acids is 2. The van der Waals surface area contributed by atoms with Crippen LogP contribution >= 0.6 is 0 Å². The second kappa shape index (κ2) is 32.7. The Bertz CT molecular complexity index is 2950. The smallest absolute Gasteiger partial charge is 0.335 e. The average molecular weight is 1130 g/mol. The predicted octanol–water partition coefficient (Wildman–Crippen LogP) is 17.0. The number of rotatable bonds is 16. The highest BCUT2D eigenvalue weighted by Crippen LogP contribution is 2.30. The van der Waals surface area contributed by atoms with Crippen LogP contribution < -0.4 is 0 Å². The molecule has 79 heavy (non-hydrogen) atoms. The van der Waals surface area contributed by atoms with Crippen molar-refractivity contribution in [3.8, 4) is 11.5 Å². The van der Waals surface area contributed by atoms with Crippen molar-refractivity contribution in [3.63, 3.8) is 0 Å². The normalized spacial score (nSPS) is 12.5. The quantitative estimate of drug-likeness (QED) is 0.0498. The Kier molecular flexibility index (Phi) is 29.2. The van der Waals surface area contributed by atoms with E-state index in [-0.39, 0.29) is 26.0 Å². The summed E-state index contributed by atoms with van der Waals surface area (Å²) in [7, 11) is -8.12. The van der Waals surface area contributed by atoms with Gasteiger partial charge in [0.05, 0.1) is 20.9 Å². The van der Waals surface area contributed by atoms with Gasteiger partial charge in [-0.1, -0.05) is 177 Å². The SMILES string of the molecule is CCC(C)(C)c1ccc(C(=O)O)cc1.CCC(C)(C)c1ccc(O)cc1.CCC(C)(C)c1ccc(S(=O)(=O)O)cc1.CCC(C)c1ccc(C(=O)O)cc1.CCC(C)c1ccc(O)cc1.CCC(C)c1ccc(S(=O)(=O)O)cc1. The molecule has 0 aliphatic heterocycles. The van der Waals surface area contributed by atoms with Crippen molar-refractivity contribution in [3.05, 3.63) is 190 Å². The molecule has 0 heterocycles. The van der Waals surface area contributed by atoms with Crippen LogP contribution in [0.1, 0.15) is 214 Å². The van der Waals surface area contributed by atoms with Crippen molar-refractivity contribution in [1.29, 1.82) is 0 Å². The Morgan fingerprint density at radius 3 is 0.823 bits per heavy atom. The van der Waals surface area contributed by atoms with E-state index in [0.29, 0.717) is 40.4 Å². The molecule has 0 amide bonds. The summed E-state index contributed by atoms with van der Waals surface area (Å²) in [5, 5.41) is 35.5. The molecule has 6 N–H and O–H groups in total. The van der Waals surface area contributed by atoms with Crippen LogP contribution in [0.15, 0.2) is 155 Å². The van der Waals surface area contributed by atoms with Crippen LogP contribution in [0.25, 0.3) is 0 Å². The zero-order valence-corrected chi connectivity index (χ0v) is 50.9. The minimum atomic E-state index is -4.07. The van der Waals surface area contributed by atoms with E-state index in [2.05, 4.69) is 104 Å². The molecule has 12 nitrogen and oxygen atoms in total. The van der Waals surface area contributed by atoms with E-state index in [9.17, 15) is 26.4 Å². The number of benzene rings is 6. The molecular formula is C65H90O12S2. The summed E-state index contributed by atoms with van der Waals surface area (Å²) < 4.78 is 60.7. The van der Waals surface area contributed by atoms with Gasteiger partial charge in [-0.3, -0.25) is 9.11 Å². The van der Waals surface area contributed by atoms with E-state index in [1.54, 1.807) is 72.8 Å².